The molecule has 1 heterocycles. The van der Waals surface area contributed by atoms with Crippen molar-refractivity contribution in [3.63, 3.8) is 0 Å². The second-order valence-corrected chi connectivity index (χ2v) is 3.32. The molecule has 0 aromatic heterocycles. The third-order valence-corrected chi connectivity index (χ3v) is 1.57. The number of allylic oxidation sites excluding steroid dienone is 3. The molecule has 1 aliphatic heterocycles. The lowest BCUT2D eigenvalue weighted by Gasteiger charge is -2.11. The Morgan fingerprint density at radius 2 is 2.27 bits per heavy atom. The smallest absolute Gasteiger partial charge is 0.0309 e. The minimum absolute atomic E-state index is 0.719. The van der Waals surface area contributed by atoms with Crippen molar-refractivity contribution in [2.24, 2.45) is 5.92 Å². The second-order valence-electron chi connectivity index (χ2n) is 3.32. The summed E-state index contributed by atoms with van der Waals surface area (Å²) >= 11 is 0. The topological polar surface area (TPSA) is 12.0 Å². The highest BCUT2D eigenvalue weighted by molar-refractivity contribution is 5.32. The fourth-order valence-electron chi connectivity index (χ4n) is 1.17. The highest BCUT2D eigenvalue weighted by Gasteiger charge is 2.01. The van der Waals surface area contributed by atoms with Crippen molar-refractivity contribution in [2.45, 2.75) is 20.3 Å². The molecule has 1 rings (SSSR count). The van der Waals surface area contributed by atoms with Crippen molar-refractivity contribution in [1.29, 1.82) is 0 Å². The first-order valence-corrected chi connectivity index (χ1v) is 4.01. The molecule has 0 amide bonds. The van der Waals surface area contributed by atoms with E-state index < -0.39 is 0 Å². The van der Waals surface area contributed by atoms with E-state index in [9.17, 15) is 0 Å². The summed E-state index contributed by atoms with van der Waals surface area (Å²) in [5.74, 6) is 0.719. The number of rotatable bonds is 2. The Labute approximate surface area is 68.5 Å². The SMILES string of the molecule is C=C1C=C(CC(C)C)C=CN1. The lowest BCUT2D eigenvalue weighted by molar-refractivity contribution is 0.648. The molecule has 0 saturated carbocycles. The molecule has 11 heavy (non-hydrogen) atoms. The van der Waals surface area contributed by atoms with Crippen molar-refractivity contribution < 1.29 is 0 Å². The Hall–Kier alpha value is -0.980. The highest BCUT2D eigenvalue weighted by atomic mass is 14.8. The average Bonchev–Trinajstić information content (AvgIpc) is 1.85. The minimum atomic E-state index is 0.719. The molecule has 0 fully saturated rings. The van der Waals surface area contributed by atoms with E-state index in [0.717, 1.165) is 18.0 Å². The molecule has 1 nitrogen and oxygen atoms in total. The molecular formula is C10H15N. The van der Waals surface area contributed by atoms with Crippen LogP contribution in [0.3, 0.4) is 0 Å². The minimum Gasteiger partial charge on any atom is -0.362 e. The van der Waals surface area contributed by atoms with Crippen LogP contribution in [-0.2, 0) is 0 Å². The van der Waals surface area contributed by atoms with Crippen molar-refractivity contribution in [2.75, 3.05) is 0 Å². The molecule has 0 atom stereocenters. The fraction of sp³-hybridized carbons (Fsp3) is 0.400. The van der Waals surface area contributed by atoms with Gasteiger partial charge in [0.15, 0.2) is 0 Å². The van der Waals surface area contributed by atoms with Gasteiger partial charge in [-0.05, 0) is 30.1 Å². The Balaban J connectivity index is 2.57. The van der Waals surface area contributed by atoms with Gasteiger partial charge >= 0.3 is 0 Å². The van der Waals surface area contributed by atoms with Gasteiger partial charge in [-0.3, -0.25) is 0 Å². The lowest BCUT2D eigenvalue weighted by atomic mass is 10.0. The van der Waals surface area contributed by atoms with Crippen LogP contribution in [0.2, 0.25) is 0 Å². The highest BCUT2D eigenvalue weighted by Crippen LogP contribution is 2.15. The quantitative estimate of drug-likeness (QED) is 0.636. The molecule has 1 heteroatoms. The second kappa shape index (κ2) is 3.42. The van der Waals surface area contributed by atoms with Crippen LogP contribution < -0.4 is 5.32 Å². The van der Waals surface area contributed by atoms with Crippen LogP contribution in [-0.4, -0.2) is 0 Å². The zero-order valence-corrected chi connectivity index (χ0v) is 7.22. The van der Waals surface area contributed by atoms with Crippen molar-refractivity contribution in [1.82, 2.24) is 5.32 Å². The van der Waals surface area contributed by atoms with Gasteiger partial charge in [0.25, 0.3) is 0 Å². The lowest BCUT2D eigenvalue weighted by Crippen LogP contribution is -2.06. The van der Waals surface area contributed by atoms with Gasteiger partial charge in [-0.1, -0.05) is 20.4 Å². The van der Waals surface area contributed by atoms with Gasteiger partial charge in [0.05, 0.1) is 0 Å². The standard InChI is InChI=1S/C10H15N/c1-8(2)6-10-4-5-11-9(3)7-10/h4-5,7-8,11H,3,6H2,1-2H3. The molecule has 0 aliphatic carbocycles. The van der Waals surface area contributed by atoms with E-state index in [1.54, 1.807) is 0 Å². The molecule has 0 aromatic rings. The van der Waals surface area contributed by atoms with E-state index in [-0.39, 0.29) is 0 Å². The van der Waals surface area contributed by atoms with Gasteiger partial charge in [-0.15, -0.1) is 0 Å². The van der Waals surface area contributed by atoms with E-state index in [1.807, 2.05) is 6.20 Å². The number of hydrogen-bond acceptors (Lipinski definition) is 1. The van der Waals surface area contributed by atoms with Crippen molar-refractivity contribution in [3.05, 3.63) is 36.2 Å². The van der Waals surface area contributed by atoms with Gasteiger partial charge in [0.1, 0.15) is 0 Å². The predicted molar refractivity (Wildman–Crippen MR) is 49.0 cm³/mol. The first kappa shape index (κ1) is 8.12. The van der Waals surface area contributed by atoms with Gasteiger partial charge in [-0.25, -0.2) is 0 Å². The Morgan fingerprint density at radius 1 is 1.55 bits per heavy atom. The molecule has 0 aromatic carbocycles. The third kappa shape index (κ3) is 2.62. The molecule has 60 valence electrons. The average molecular weight is 149 g/mol. The van der Waals surface area contributed by atoms with Crippen molar-refractivity contribution in [3.8, 4) is 0 Å². The summed E-state index contributed by atoms with van der Waals surface area (Å²) in [6.07, 6.45) is 7.28. The molecule has 0 spiro atoms. The third-order valence-electron chi connectivity index (χ3n) is 1.57. The first-order valence-electron chi connectivity index (χ1n) is 4.01. The van der Waals surface area contributed by atoms with Crippen LogP contribution in [0.4, 0.5) is 0 Å². The van der Waals surface area contributed by atoms with Crippen LogP contribution >= 0.6 is 0 Å². The molecule has 1 aliphatic rings. The molecule has 0 unspecified atom stereocenters. The molecule has 0 radical (unpaired) electrons. The summed E-state index contributed by atoms with van der Waals surface area (Å²) in [4.78, 5) is 0. The van der Waals surface area contributed by atoms with E-state index in [1.165, 1.54) is 5.57 Å². The maximum absolute atomic E-state index is 3.83. The van der Waals surface area contributed by atoms with E-state index >= 15 is 0 Å². The largest absolute Gasteiger partial charge is 0.362 e. The predicted octanol–water partition coefficient (Wildman–Crippen LogP) is 2.59. The zero-order chi connectivity index (χ0) is 8.27. The monoisotopic (exact) mass is 149 g/mol. The summed E-state index contributed by atoms with van der Waals surface area (Å²) in [5, 5.41) is 3.03. The summed E-state index contributed by atoms with van der Waals surface area (Å²) in [7, 11) is 0. The van der Waals surface area contributed by atoms with E-state index in [4.69, 9.17) is 0 Å². The van der Waals surface area contributed by atoms with Gasteiger partial charge in [-0.2, -0.15) is 0 Å². The fourth-order valence-corrected chi connectivity index (χ4v) is 1.17. The van der Waals surface area contributed by atoms with Gasteiger partial charge in [0.2, 0.25) is 0 Å². The summed E-state index contributed by atoms with van der Waals surface area (Å²) in [5.41, 5.74) is 2.35. The zero-order valence-electron chi connectivity index (χ0n) is 7.22. The van der Waals surface area contributed by atoms with Crippen LogP contribution in [0, 0.1) is 5.92 Å². The Morgan fingerprint density at radius 3 is 2.82 bits per heavy atom. The van der Waals surface area contributed by atoms with Crippen LogP contribution in [0.5, 0.6) is 0 Å². The van der Waals surface area contributed by atoms with Crippen LogP contribution in [0.15, 0.2) is 36.2 Å². The summed E-state index contributed by atoms with van der Waals surface area (Å²) in [6.45, 7) is 8.28. The van der Waals surface area contributed by atoms with Gasteiger partial charge < -0.3 is 5.32 Å². The van der Waals surface area contributed by atoms with E-state index in [2.05, 4.69) is 37.9 Å². The molecular weight excluding hydrogens is 134 g/mol. The first-order chi connectivity index (χ1) is 5.18. The molecule has 0 bridgehead atoms. The summed E-state index contributed by atoms with van der Waals surface area (Å²) in [6, 6.07) is 0. The van der Waals surface area contributed by atoms with Crippen LogP contribution in [0.25, 0.3) is 0 Å². The van der Waals surface area contributed by atoms with Crippen LogP contribution in [0.1, 0.15) is 20.3 Å². The Kier molecular flexibility index (Phi) is 2.53. The molecule has 0 saturated heterocycles. The Bertz CT molecular complexity index is 209. The number of nitrogens with one attached hydrogen (secondary N) is 1. The van der Waals surface area contributed by atoms with E-state index in [0.29, 0.717) is 0 Å². The maximum Gasteiger partial charge on any atom is 0.0309 e. The molecule has 1 N–H and O–H groups in total. The summed E-state index contributed by atoms with van der Waals surface area (Å²) < 4.78 is 0. The number of dihydropyridines is 1. The maximum atomic E-state index is 3.83. The number of hydrogen-bond donors (Lipinski definition) is 1. The normalized spacial score (nSPS) is 16.6. The van der Waals surface area contributed by atoms with Gasteiger partial charge in [0, 0.05) is 11.9 Å². The van der Waals surface area contributed by atoms with Crippen molar-refractivity contribution >= 4 is 0 Å².